The number of rotatable bonds is 6. The van der Waals surface area contributed by atoms with Crippen LogP contribution in [0.5, 0.6) is 5.75 Å². The molecule has 1 N–H and O–H groups in total. The van der Waals surface area contributed by atoms with Crippen molar-refractivity contribution >= 4 is 5.91 Å². The molecule has 0 spiro atoms. The van der Waals surface area contributed by atoms with Crippen LogP contribution in [0.25, 0.3) is 0 Å². The van der Waals surface area contributed by atoms with E-state index >= 15 is 0 Å². The summed E-state index contributed by atoms with van der Waals surface area (Å²) in [7, 11) is 0. The van der Waals surface area contributed by atoms with Crippen LogP contribution in [0.1, 0.15) is 44.1 Å². The average Bonchev–Trinajstić information content (AvgIpc) is 3.14. The van der Waals surface area contributed by atoms with Gasteiger partial charge in [0, 0.05) is 25.7 Å². The second kappa shape index (κ2) is 8.95. The van der Waals surface area contributed by atoms with Gasteiger partial charge in [-0.1, -0.05) is 18.9 Å². The number of ether oxygens (including phenoxy) is 1. The second-order valence-corrected chi connectivity index (χ2v) is 7.61. The van der Waals surface area contributed by atoms with Crippen molar-refractivity contribution in [3.63, 3.8) is 0 Å². The Labute approximate surface area is 158 Å². The molecule has 0 unspecified atom stereocenters. The Balaban J connectivity index is 1.37. The number of alkyl halides is 3. The predicted octanol–water partition coefficient (Wildman–Crippen LogP) is 3.86. The highest BCUT2D eigenvalue weighted by molar-refractivity contribution is 5.77. The van der Waals surface area contributed by atoms with Gasteiger partial charge in [-0.05, 0) is 49.8 Å². The van der Waals surface area contributed by atoms with E-state index in [1.165, 1.54) is 44.4 Å². The van der Waals surface area contributed by atoms with Crippen molar-refractivity contribution in [1.82, 2.24) is 10.2 Å². The molecule has 7 heteroatoms. The van der Waals surface area contributed by atoms with Crippen molar-refractivity contribution in [1.29, 1.82) is 0 Å². The van der Waals surface area contributed by atoms with Gasteiger partial charge in [0.15, 0.2) is 6.61 Å². The number of nitrogens with one attached hydrogen (secondary N) is 1. The van der Waals surface area contributed by atoms with Crippen LogP contribution in [-0.2, 0) is 11.0 Å². The third-order valence-corrected chi connectivity index (χ3v) is 5.48. The highest BCUT2D eigenvalue weighted by atomic mass is 19.4. The first-order chi connectivity index (χ1) is 12.9. The molecular weight excluding hydrogens is 357 g/mol. The number of nitrogens with zero attached hydrogens (tertiary/aromatic N) is 1. The first-order valence-electron chi connectivity index (χ1n) is 9.72. The van der Waals surface area contributed by atoms with Gasteiger partial charge in [-0.15, -0.1) is 0 Å². The molecule has 1 aromatic rings. The van der Waals surface area contributed by atoms with Crippen LogP contribution in [0.3, 0.4) is 0 Å². The molecule has 1 saturated carbocycles. The number of piperidine rings is 1. The van der Waals surface area contributed by atoms with Gasteiger partial charge in [-0.3, -0.25) is 4.79 Å². The molecule has 0 radical (unpaired) electrons. The lowest BCUT2D eigenvalue weighted by Gasteiger charge is -2.33. The van der Waals surface area contributed by atoms with E-state index in [4.69, 9.17) is 4.74 Å². The van der Waals surface area contributed by atoms with Crippen LogP contribution in [0, 0.1) is 5.92 Å². The maximum atomic E-state index is 12.7. The van der Waals surface area contributed by atoms with E-state index in [9.17, 15) is 18.0 Å². The number of benzene rings is 1. The summed E-state index contributed by atoms with van der Waals surface area (Å²) in [5.41, 5.74) is -0.782. The Morgan fingerprint density at radius 1 is 1.15 bits per heavy atom. The lowest BCUT2D eigenvalue weighted by molar-refractivity contribution is -0.137. The van der Waals surface area contributed by atoms with Crippen LogP contribution in [0.2, 0.25) is 0 Å². The van der Waals surface area contributed by atoms with Crippen LogP contribution < -0.4 is 10.1 Å². The Hall–Kier alpha value is -1.76. The van der Waals surface area contributed by atoms with E-state index in [0.717, 1.165) is 44.0 Å². The average molecular weight is 384 g/mol. The van der Waals surface area contributed by atoms with Crippen LogP contribution >= 0.6 is 0 Å². The molecule has 1 heterocycles. The Morgan fingerprint density at radius 2 is 1.85 bits per heavy atom. The van der Waals surface area contributed by atoms with E-state index < -0.39 is 11.7 Å². The van der Waals surface area contributed by atoms with Gasteiger partial charge in [0.05, 0.1) is 5.56 Å². The summed E-state index contributed by atoms with van der Waals surface area (Å²) in [5, 5.41) is 2.94. The molecule has 0 atom stereocenters. The zero-order chi connectivity index (χ0) is 19.3. The number of carbonyl (C=O) groups is 1. The van der Waals surface area contributed by atoms with Crippen molar-refractivity contribution in [2.45, 2.75) is 50.7 Å². The molecule has 1 aliphatic carbocycles. The van der Waals surface area contributed by atoms with E-state index in [2.05, 4.69) is 10.2 Å². The molecule has 0 bridgehead atoms. The van der Waals surface area contributed by atoms with Crippen molar-refractivity contribution in [3.8, 4) is 5.75 Å². The van der Waals surface area contributed by atoms with E-state index in [0.29, 0.717) is 0 Å². The topological polar surface area (TPSA) is 41.6 Å². The third-order valence-electron chi connectivity index (χ3n) is 5.48. The monoisotopic (exact) mass is 384 g/mol. The molecule has 150 valence electrons. The SMILES string of the molecule is O=C(COc1cccc(C(F)(F)F)c1)NC1CCN(CC2CCCC2)CC1. The number of halogens is 3. The number of amides is 1. The van der Waals surface area contributed by atoms with Gasteiger partial charge in [-0.25, -0.2) is 0 Å². The smallest absolute Gasteiger partial charge is 0.416 e. The molecule has 1 amide bonds. The third kappa shape index (κ3) is 6.13. The number of hydrogen-bond donors (Lipinski definition) is 1. The lowest BCUT2D eigenvalue weighted by atomic mass is 10.0. The molecule has 2 aliphatic rings. The minimum absolute atomic E-state index is 0.0476. The van der Waals surface area contributed by atoms with Crippen molar-refractivity contribution < 1.29 is 22.7 Å². The molecular formula is C20H27F3N2O2. The zero-order valence-corrected chi connectivity index (χ0v) is 15.4. The summed E-state index contributed by atoms with van der Waals surface area (Å²) >= 11 is 0. The standard InChI is InChI=1S/C20H27F3N2O2/c21-20(22,23)16-6-3-7-18(12-16)27-14-19(26)24-17-8-10-25(11-9-17)13-15-4-1-2-5-15/h3,6-7,12,15,17H,1-2,4-5,8-11,13-14H2,(H,24,26). The number of hydrogen-bond acceptors (Lipinski definition) is 3. The summed E-state index contributed by atoms with van der Waals surface area (Å²) in [6.45, 7) is 2.86. The molecule has 4 nitrogen and oxygen atoms in total. The minimum Gasteiger partial charge on any atom is -0.484 e. The Kier molecular flexibility index (Phi) is 6.63. The summed E-state index contributed by atoms with van der Waals surface area (Å²) in [5.74, 6) is 0.588. The summed E-state index contributed by atoms with van der Waals surface area (Å²) < 4.78 is 43.3. The van der Waals surface area contributed by atoms with Gasteiger partial charge < -0.3 is 15.0 Å². The Bertz CT molecular complexity index is 622. The zero-order valence-electron chi connectivity index (χ0n) is 15.4. The lowest BCUT2D eigenvalue weighted by Crippen LogP contribution is -2.46. The first-order valence-corrected chi connectivity index (χ1v) is 9.72. The van der Waals surface area contributed by atoms with Gasteiger partial charge in [-0.2, -0.15) is 13.2 Å². The summed E-state index contributed by atoms with van der Waals surface area (Å²) in [4.78, 5) is 14.5. The highest BCUT2D eigenvalue weighted by Gasteiger charge is 2.30. The van der Waals surface area contributed by atoms with Crippen LogP contribution in [-0.4, -0.2) is 43.1 Å². The highest BCUT2D eigenvalue weighted by Crippen LogP contribution is 2.31. The largest absolute Gasteiger partial charge is 0.484 e. The summed E-state index contributed by atoms with van der Waals surface area (Å²) in [6, 6.07) is 4.70. The van der Waals surface area contributed by atoms with E-state index in [1.54, 1.807) is 0 Å². The van der Waals surface area contributed by atoms with Gasteiger partial charge in [0.1, 0.15) is 5.75 Å². The number of carbonyl (C=O) groups excluding carboxylic acids is 1. The van der Waals surface area contributed by atoms with Crippen LogP contribution in [0.15, 0.2) is 24.3 Å². The minimum atomic E-state index is -4.42. The van der Waals surface area contributed by atoms with Crippen molar-refractivity contribution in [3.05, 3.63) is 29.8 Å². The molecule has 2 fully saturated rings. The maximum absolute atomic E-state index is 12.7. The normalized spacial score (nSPS) is 20.0. The molecule has 3 rings (SSSR count). The maximum Gasteiger partial charge on any atom is 0.416 e. The quantitative estimate of drug-likeness (QED) is 0.810. The van der Waals surface area contributed by atoms with E-state index in [1.807, 2.05) is 0 Å². The van der Waals surface area contributed by atoms with Gasteiger partial charge in [0.25, 0.3) is 5.91 Å². The molecule has 27 heavy (non-hydrogen) atoms. The second-order valence-electron chi connectivity index (χ2n) is 7.61. The Morgan fingerprint density at radius 3 is 2.52 bits per heavy atom. The van der Waals surface area contributed by atoms with Crippen molar-refractivity contribution in [2.75, 3.05) is 26.2 Å². The fraction of sp³-hybridized carbons (Fsp3) is 0.650. The molecule has 1 aromatic carbocycles. The number of likely N-dealkylation sites (tertiary alicyclic amines) is 1. The van der Waals surface area contributed by atoms with Crippen LogP contribution in [0.4, 0.5) is 13.2 Å². The predicted molar refractivity (Wildman–Crippen MR) is 96.5 cm³/mol. The fourth-order valence-corrected chi connectivity index (χ4v) is 4.00. The van der Waals surface area contributed by atoms with E-state index in [-0.39, 0.29) is 24.3 Å². The molecule has 0 aromatic heterocycles. The molecule has 1 aliphatic heterocycles. The van der Waals surface area contributed by atoms with Crippen molar-refractivity contribution in [2.24, 2.45) is 5.92 Å². The summed E-state index contributed by atoms with van der Waals surface area (Å²) in [6.07, 6.45) is 2.76. The first kappa shape index (κ1) is 20.0. The fourth-order valence-electron chi connectivity index (χ4n) is 4.00. The molecule has 1 saturated heterocycles. The van der Waals surface area contributed by atoms with Gasteiger partial charge in [0.2, 0.25) is 0 Å². The van der Waals surface area contributed by atoms with Gasteiger partial charge >= 0.3 is 6.18 Å².